The predicted molar refractivity (Wildman–Crippen MR) is 61.9 cm³/mol. The van der Waals surface area contributed by atoms with Crippen LogP contribution in [0.25, 0.3) is 0 Å². The standard InChI is InChI=1S/C12H12FN3O2/c1-8-14-15-12(16(8)2)7-18-11-4-3-9(6-17)5-10(11)13/h3-6H,7H2,1-2H3. The number of aldehydes is 1. The fourth-order valence-corrected chi connectivity index (χ4v) is 1.43. The molecule has 0 N–H and O–H groups in total. The second-order valence-electron chi connectivity index (χ2n) is 3.82. The maximum atomic E-state index is 13.5. The summed E-state index contributed by atoms with van der Waals surface area (Å²) in [5.41, 5.74) is 0.273. The van der Waals surface area contributed by atoms with Gasteiger partial charge in [-0.3, -0.25) is 4.79 Å². The van der Waals surface area contributed by atoms with Crippen LogP contribution in [-0.2, 0) is 13.7 Å². The van der Waals surface area contributed by atoms with E-state index in [0.29, 0.717) is 12.1 Å². The molecule has 94 valence electrons. The van der Waals surface area contributed by atoms with Crippen LogP contribution in [0.4, 0.5) is 4.39 Å². The Morgan fingerprint density at radius 3 is 2.78 bits per heavy atom. The van der Waals surface area contributed by atoms with Gasteiger partial charge >= 0.3 is 0 Å². The van der Waals surface area contributed by atoms with Crippen LogP contribution in [0, 0.1) is 12.7 Å². The average molecular weight is 249 g/mol. The zero-order valence-electron chi connectivity index (χ0n) is 10.1. The van der Waals surface area contributed by atoms with E-state index in [9.17, 15) is 9.18 Å². The molecule has 0 spiro atoms. The number of benzene rings is 1. The van der Waals surface area contributed by atoms with Gasteiger partial charge in [-0.2, -0.15) is 0 Å². The Hall–Kier alpha value is -2.24. The molecule has 0 radical (unpaired) electrons. The maximum absolute atomic E-state index is 13.5. The fraction of sp³-hybridized carbons (Fsp3) is 0.250. The summed E-state index contributed by atoms with van der Waals surface area (Å²) in [6, 6.07) is 4.04. The molecule has 5 nitrogen and oxygen atoms in total. The van der Waals surface area contributed by atoms with Crippen LogP contribution in [0.15, 0.2) is 18.2 Å². The highest BCUT2D eigenvalue weighted by Gasteiger charge is 2.08. The van der Waals surface area contributed by atoms with Crippen LogP contribution < -0.4 is 4.74 Å². The molecule has 18 heavy (non-hydrogen) atoms. The molecule has 0 aliphatic heterocycles. The molecule has 1 aromatic carbocycles. The van der Waals surface area contributed by atoms with Crippen LogP contribution in [-0.4, -0.2) is 21.1 Å². The number of carbonyl (C=O) groups excluding carboxylic acids is 1. The SMILES string of the molecule is Cc1nnc(COc2ccc(C=O)cc2F)n1C. The lowest BCUT2D eigenvalue weighted by Gasteiger charge is -2.07. The number of carbonyl (C=O) groups is 1. The summed E-state index contributed by atoms with van der Waals surface area (Å²) in [7, 11) is 1.81. The van der Waals surface area contributed by atoms with Crippen molar-refractivity contribution in [2.24, 2.45) is 7.05 Å². The van der Waals surface area contributed by atoms with Crippen LogP contribution in [0.3, 0.4) is 0 Å². The van der Waals surface area contributed by atoms with Gasteiger partial charge in [-0.15, -0.1) is 10.2 Å². The van der Waals surface area contributed by atoms with E-state index in [-0.39, 0.29) is 17.9 Å². The van der Waals surface area contributed by atoms with Crippen LogP contribution in [0.2, 0.25) is 0 Å². The summed E-state index contributed by atoms with van der Waals surface area (Å²) < 4.78 is 20.6. The monoisotopic (exact) mass is 249 g/mol. The Labute approximate surface area is 103 Å². The Balaban J connectivity index is 2.11. The molecule has 0 amide bonds. The van der Waals surface area contributed by atoms with E-state index in [2.05, 4.69) is 10.2 Å². The summed E-state index contributed by atoms with van der Waals surface area (Å²) in [6.07, 6.45) is 0.582. The second-order valence-corrected chi connectivity index (χ2v) is 3.82. The molecule has 0 aliphatic rings. The lowest BCUT2D eigenvalue weighted by atomic mass is 10.2. The zero-order valence-corrected chi connectivity index (χ0v) is 10.1. The van der Waals surface area contributed by atoms with Gasteiger partial charge in [0.15, 0.2) is 17.4 Å². The summed E-state index contributed by atoms with van der Waals surface area (Å²) in [5, 5.41) is 7.77. The number of halogens is 1. The van der Waals surface area contributed by atoms with Crippen LogP contribution in [0.5, 0.6) is 5.75 Å². The van der Waals surface area contributed by atoms with Gasteiger partial charge in [-0.1, -0.05) is 0 Å². The average Bonchev–Trinajstić information content (AvgIpc) is 2.68. The van der Waals surface area contributed by atoms with Crippen molar-refractivity contribution in [1.29, 1.82) is 0 Å². The third-order valence-electron chi connectivity index (χ3n) is 2.63. The highest BCUT2D eigenvalue weighted by atomic mass is 19.1. The third kappa shape index (κ3) is 2.37. The van der Waals surface area contributed by atoms with Crippen LogP contribution >= 0.6 is 0 Å². The maximum Gasteiger partial charge on any atom is 0.170 e. The minimum Gasteiger partial charge on any atom is -0.483 e. The molecule has 0 bridgehead atoms. The number of rotatable bonds is 4. The van der Waals surface area contributed by atoms with Gasteiger partial charge in [0.05, 0.1) is 0 Å². The summed E-state index contributed by atoms with van der Waals surface area (Å²) in [4.78, 5) is 10.5. The van der Waals surface area contributed by atoms with Gasteiger partial charge in [-0.25, -0.2) is 4.39 Å². The highest BCUT2D eigenvalue weighted by molar-refractivity contribution is 5.74. The molecule has 0 aliphatic carbocycles. The molecule has 0 unspecified atom stereocenters. The lowest BCUT2D eigenvalue weighted by Crippen LogP contribution is -2.05. The van der Waals surface area contributed by atoms with Crippen molar-refractivity contribution in [1.82, 2.24) is 14.8 Å². The quantitative estimate of drug-likeness (QED) is 0.773. The number of hydrogen-bond donors (Lipinski definition) is 0. The number of aromatic nitrogens is 3. The van der Waals surface area contributed by atoms with E-state index in [1.165, 1.54) is 12.1 Å². The van der Waals surface area contributed by atoms with E-state index in [1.54, 1.807) is 11.6 Å². The third-order valence-corrected chi connectivity index (χ3v) is 2.63. The van der Waals surface area contributed by atoms with E-state index in [1.807, 2.05) is 6.92 Å². The minimum absolute atomic E-state index is 0.0845. The molecule has 1 heterocycles. The first-order chi connectivity index (χ1) is 8.61. The van der Waals surface area contributed by atoms with Crippen molar-refractivity contribution in [2.45, 2.75) is 13.5 Å². The lowest BCUT2D eigenvalue weighted by molar-refractivity contribution is 0.112. The van der Waals surface area contributed by atoms with Gasteiger partial charge < -0.3 is 9.30 Å². The Morgan fingerprint density at radius 1 is 1.44 bits per heavy atom. The fourth-order valence-electron chi connectivity index (χ4n) is 1.43. The van der Waals surface area contributed by atoms with Gasteiger partial charge in [-0.05, 0) is 25.1 Å². The van der Waals surface area contributed by atoms with Gasteiger partial charge in [0.1, 0.15) is 18.7 Å². The normalized spacial score (nSPS) is 10.4. The Bertz CT molecular complexity index is 581. The van der Waals surface area contributed by atoms with Crippen molar-refractivity contribution >= 4 is 6.29 Å². The van der Waals surface area contributed by atoms with E-state index in [4.69, 9.17) is 4.74 Å². The van der Waals surface area contributed by atoms with Gasteiger partial charge in [0.25, 0.3) is 0 Å². The molecule has 2 rings (SSSR count). The second kappa shape index (κ2) is 4.95. The smallest absolute Gasteiger partial charge is 0.170 e. The molecule has 2 aromatic rings. The summed E-state index contributed by atoms with van der Waals surface area (Å²) in [6.45, 7) is 1.94. The zero-order chi connectivity index (χ0) is 13.1. The van der Waals surface area contributed by atoms with Crippen molar-refractivity contribution < 1.29 is 13.9 Å². The highest BCUT2D eigenvalue weighted by Crippen LogP contribution is 2.18. The summed E-state index contributed by atoms with van der Waals surface area (Å²) in [5.74, 6) is 0.872. The number of hydrogen-bond acceptors (Lipinski definition) is 4. The summed E-state index contributed by atoms with van der Waals surface area (Å²) >= 11 is 0. The molecule has 6 heteroatoms. The number of aryl methyl sites for hydroxylation is 1. The number of nitrogens with zero attached hydrogens (tertiary/aromatic N) is 3. The first-order valence-corrected chi connectivity index (χ1v) is 5.34. The van der Waals surface area contributed by atoms with E-state index >= 15 is 0 Å². The van der Waals surface area contributed by atoms with Crippen molar-refractivity contribution in [3.8, 4) is 5.75 Å². The van der Waals surface area contributed by atoms with Crippen molar-refractivity contribution in [3.63, 3.8) is 0 Å². The Kier molecular flexibility index (Phi) is 3.36. The van der Waals surface area contributed by atoms with Crippen molar-refractivity contribution in [3.05, 3.63) is 41.2 Å². The van der Waals surface area contributed by atoms with Crippen molar-refractivity contribution in [2.75, 3.05) is 0 Å². The van der Waals surface area contributed by atoms with Gasteiger partial charge in [0, 0.05) is 12.6 Å². The minimum atomic E-state index is -0.571. The molecule has 0 fully saturated rings. The topological polar surface area (TPSA) is 57.0 Å². The molecule has 0 saturated heterocycles. The molecule has 0 atom stereocenters. The Morgan fingerprint density at radius 2 is 2.22 bits per heavy atom. The molecular formula is C12H12FN3O2. The molecule has 0 saturated carbocycles. The predicted octanol–water partition coefficient (Wildman–Crippen LogP) is 1.65. The molecule has 1 aromatic heterocycles. The van der Waals surface area contributed by atoms with E-state index < -0.39 is 5.82 Å². The largest absolute Gasteiger partial charge is 0.483 e. The first-order valence-electron chi connectivity index (χ1n) is 5.34. The first kappa shape index (κ1) is 12.2. The van der Waals surface area contributed by atoms with Gasteiger partial charge in [0.2, 0.25) is 0 Å². The van der Waals surface area contributed by atoms with E-state index in [0.717, 1.165) is 11.9 Å². The van der Waals surface area contributed by atoms with Crippen LogP contribution in [0.1, 0.15) is 22.0 Å². The molecular weight excluding hydrogens is 237 g/mol. The number of ether oxygens (including phenoxy) is 1.